The van der Waals surface area contributed by atoms with Gasteiger partial charge in [0.1, 0.15) is 12.3 Å². The number of alkyl carbamates (subject to hydrolysis) is 1. The normalized spacial score (nSPS) is 11.6. The molecule has 0 bridgehead atoms. The number of nitrogens with zero attached hydrogens (tertiary/aromatic N) is 2. The molecule has 0 fully saturated rings. The number of carboxylic acid groups (broad SMARTS) is 1. The molecule has 32 heavy (non-hydrogen) atoms. The van der Waals surface area contributed by atoms with Gasteiger partial charge in [-0.05, 0) is 28.2 Å². The SMILES string of the molecule is Nc1ncc(C#CCCNC(=O)OCC2c3ccccc3-c3ccccc32)nc1C(=O)O. The highest BCUT2D eigenvalue weighted by molar-refractivity contribution is 5.90. The number of aromatic carboxylic acids is 1. The van der Waals surface area contributed by atoms with Gasteiger partial charge in [0.15, 0.2) is 11.5 Å². The van der Waals surface area contributed by atoms with E-state index in [0.717, 1.165) is 11.1 Å². The topological polar surface area (TPSA) is 127 Å². The van der Waals surface area contributed by atoms with Crippen LogP contribution in [0.4, 0.5) is 10.6 Å². The Labute approximate surface area is 184 Å². The van der Waals surface area contributed by atoms with Gasteiger partial charge in [-0.15, -0.1) is 0 Å². The van der Waals surface area contributed by atoms with E-state index in [4.69, 9.17) is 15.6 Å². The fourth-order valence-electron chi connectivity index (χ4n) is 3.65. The molecule has 0 spiro atoms. The lowest BCUT2D eigenvalue weighted by Gasteiger charge is -2.14. The van der Waals surface area contributed by atoms with E-state index in [1.165, 1.54) is 17.3 Å². The average Bonchev–Trinajstić information content (AvgIpc) is 3.12. The maximum absolute atomic E-state index is 12.1. The van der Waals surface area contributed by atoms with Crippen molar-refractivity contribution >= 4 is 17.9 Å². The van der Waals surface area contributed by atoms with Crippen molar-refractivity contribution in [1.82, 2.24) is 15.3 Å². The van der Waals surface area contributed by atoms with Gasteiger partial charge in [0, 0.05) is 18.9 Å². The Hall–Kier alpha value is -4.38. The van der Waals surface area contributed by atoms with Crippen molar-refractivity contribution in [3.63, 3.8) is 0 Å². The quantitative estimate of drug-likeness (QED) is 0.421. The summed E-state index contributed by atoms with van der Waals surface area (Å²) in [5.41, 5.74) is 9.96. The van der Waals surface area contributed by atoms with E-state index >= 15 is 0 Å². The van der Waals surface area contributed by atoms with Gasteiger partial charge in [0.25, 0.3) is 0 Å². The van der Waals surface area contributed by atoms with Crippen LogP contribution in [0.5, 0.6) is 0 Å². The van der Waals surface area contributed by atoms with E-state index in [9.17, 15) is 9.59 Å². The summed E-state index contributed by atoms with van der Waals surface area (Å²) in [4.78, 5) is 30.8. The first-order valence-electron chi connectivity index (χ1n) is 9.98. The first-order valence-corrected chi connectivity index (χ1v) is 9.98. The molecule has 2 aromatic carbocycles. The van der Waals surface area contributed by atoms with Crippen molar-refractivity contribution in [2.45, 2.75) is 12.3 Å². The minimum absolute atomic E-state index is 0.000430. The number of aromatic nitrogens is 2. The smallest absolute Gasteiger partial charge is 0.407 e. The number of nitrogen functional groups attached to an aromatic ring is 1. The summed E-state index contributed by atoms with van der Waals surface area (Å²) in [6, 6.07) is 16.3. The molecule has 4 N–H and O–H groups in total. The van der Waals surface area contributed by atoms with Gasteiger partial charge in [-0.25, -0.2) is 19.6 Å². The number of hydrogen-bond donors (Lipinski definition) is 3. The van der Waals surface area contributed by atoms with E-state index in [1.807, 2.05) is 24.3 Å². The summed E-state index contributed by atoms with van der Waals surface area (Å²) in [6.45, 7) is 0.516. The minimum atomic E-state index is -1.27. The lowest BCUT2D eigenvalue weighted by molar-refractivity contribution is 0.0691. The number of nitrogens with one attached hydrogen (secondary N) is 1. The Kier molecular flexibility index (Phi) is 5.99. The number of amides is 1. The van der Waals surface area contributed by atoms with Gasteiger partial charge < -0.3 is 20.9 Å². The number of nitrogens with two attached hydrogens (primary N) is 1. The average molecular weight is 428 g/mol. The van der Waals surface area contributed by atoms with Gasteiger partial charge in [-0.3, -0.25) is 0 Å². The number of anilines is 1. The highest BCUT2D eigenvalue weighted by atomic mass is 16.5. The van der Waals surface area contributed by atoms with Gasteiger partial charge in [0.2, 0.25) is 0 Å². The summed E-state index contributed by atoms with van der Waals surface area (Å²) in [7, 11) is 0. The molecule has 160 valence electrons. The molecule has 0 saturated carbocycles. The Morgan fingerprint density at radius 3 is 2.41 bits per heavy atom. The fourth-order valence-corrected chi connectivity index (χ4v) is 3.65. The Morgan fingerprint density at radius 2 is 1.75 bits per heavy atom. The van der Waals surface area contributed by atoms with Gasteiger partial charge >= 0.3 is 12.1 Å². The van der Waals surface area contributed by atoms with Crippen LogP contribution in [-0.2, 0) is 4.74 Å². The number of ether oxygens (including phenoxy) is 1. The zero-order chi connectivity index (χ0) is 22.5. The first kappa shape index (κ1) is 20.9. The molecule has 4 rings (SSSR count). The molecule has 0 atom stereocenters. The van der Waals surface area contributed by atoms with Crippen LogP contribution in [0.1, 0.15) is 39.6 Å². The number of rotatable bonds is 5. The Balaban J connectivity index is 1.29. The maximum Gasteiger partial charge on any atom is 0.407 e. The van der Waals surface area contributed by atoms with Crippen LogP contribution < -0.4 is 11.1 Å². The second-order valence-electron chi connectivity index (χ2n) is 7.10. The van der Waals surface area contributed by atoms with Gasteiger partial charge in [-0.1, -0.05) is 54.5 Å². The lowest BCUT2D eigenvalue weighted by atomic mass is 9.98. The van der Waals surface area contributed by atoms with Crippen molar-refractivity contribution in [2.75, 3.05) is 18.9 Å². The zero-order valence-corrected chi connectivity index (χ0v) is 17.0. The second-order valence-corrected chi connectivity index (χ2v) is 7.10. The minimum Gasteiger partial charge on any atom is -0.476 e. The molecule has 0 saturated heterocycles. The molecule has 8 heteroatoms. The third kappa shape index (κ3) is 4.37. The molecule has 3 aromatic rings. The number of carbonyl (C=O) groups excluding carboxylic acids is 1. The molecule has 8 nitrogen and oxygen atoms in total. The van der Waals surface area contributed by atoms with E-state index in [0.29, 0.717) is 6.42 Å². The molecule has 0 unspecified atom stereocenters. The highest BCUT2D eigenvalue weighted by Gasteiger charge is 2.28. The van der Waals surface area contributed by atoms with E-state index in [1.54, 1.807) is 0 Å². The Morgan fingerprint density at radius 1 is 1.09 bits per heavy atom. The van der Waals surface area contributed by atoms with E-state index < -0.39 is 12.1 Å². The summed E-state index contributed by atoms with van der Waals surface area (Å²) in [6.07, 6.45) is 1.11. The molecule has 0 radical (unpaired) electrons. The highest BCUT2D eigenvalue weighted by Crippen LogP contribution is 2.44. The largest absolute Gasteiger partial charge is 0.476 e. The molecule has 1 amide bonds. The van der Waals surface area contributed by atoms with Crippen molar-refractivity contribution < 1.29 is 19.4 Å². The van der Waals surface area contributed by atoms with Crippen LogP contribution in [0.3, 0.4) is 0 Å². The molecular formula is C24H20N4O4. The van der Waals surface area contributed by atoms with Crippen molar-refractivity contribution in [2.24, 2.45) is 0 Å². The lowest BCUT2D eigenvalue weighted by Crippen LogP contribution is -2.26. The molecule has 1 aliphatic carbocycles. The first-order chi connectivity index (χ1) is 15.5. The molecule has 1 aromatic heterocycles. The number of carbonyl (C=O) groups is 2. The molecule has 1 heterocycles. The second kappa shape index (κ2) is 9.18. The van der Waals surface area contributed by atoms with Gasteiger partial charge in [-0.2, -0.15) is 0 Å². The predicted octanol–water partition coefficient (Wildman–Crippen LogP) is 3.04. The third-order valence-corrected chi connectivity index (χ3v) is 5.08. The summed E-state index contributed by atoms with van der Waals surface area (Å²) in [5, 5.41) is 11.7. The number of benzene rings is 2. The number of carboxylic acids is 1. The molecule has 1 aliphatic rings. The summed E-state index contributed by atoms with van der Waals surface area (Å²) < 4.78 is 5.46. The van der Waals surface area contributed by atoms with E-state index in [2.05, 4.69) is 51.4 Å². The van der Waals surface area contributed by atoms with Crippen molar-refractivity contribution in [1.29, 1.82) is 0 Å². The number of fused-ring (bicyclic) bond motifs is 3. The fraction of sp³-hybridized carbons (Fsp3) is 0.167. The predicted molar refractivity (Wildman–Crippen MR) is 118 cm³/mol. The van der Waals surface area contributed by atoms with Crippen LogP contribution in [-0.4, -0.2) is 40.3 Å². The van der Waals surface area contributed by atoms with Crippen LogP contribution >= 0.6 is 0 Å². The zero-order valence-electron chi connectivity index (χ0n) is 17.0. The standard InChI is InChI=1S/C24H20N4O4/c25-22-21(23(29)30)28-15(13-27-22)7-5-6-12-26-24(31)32-14-20-18-10-3-1-8-16(18)17-9-2-4-11-19(17)20/h1-4,8-11,13,20H,6,12,14H2,(H2,25,27)(H,26,31)(H,29,30). The van der Waals surface area contributed by atoms with Crippen LogP contribution in [0, 0.1) is 11.8 Å². The number of hydrogen-bond acceptors (Lipinski definition) is 6. The monoisotopic (exact) mass is 428 g/mol. The van der Waals surface area contributed by atoms with Crippen molar-refractivity contribution in [3.05, 3.63) is 77.2 Å². The van der Waals surface area contributed by atoms with Crippen LogP contribution in [0.25, 0.3) is 11.1 Å². The van der Waals surface area contributed by atoms with Gasteiger partial charge in [0.05, 0.1) is 6.20 Å². The third-order valence-electron chi connectivity index (χ3n) is 5.08. The van der Waals surface area contributed by atoms with Crippen molar-refractivity contribution in [3.8, 4) is 23.0 Å². The molecular weight excluding hydrogens is 408 g/mol. The van der Waals surface area contributed by atoms with E-state index in [-0.39, 0.29) is 36.3 Å². The van der Waals surface area contributed by atoms with Crippen LogP contribution in [0.15, 0.2) is 54.7 Å². The summed E-state index contributed by atoms with van der Waals surface area (Å²) >= 11 is 0. The van der Waals surface area contributed by atoms with Crippen LogP contribution in [0.2, 0.25) is 0 Å². The maximum atomic E-state index is 12.1. The molecule has 0 aliphatic heterocycles. The summed E-state index contributed by atoms with van der Waals surface area (Å²) in [5.74, 6) is 4.08. The Bertz CT molecular complexity index is 1200.